The van der Waals surface area contributed by atoms with Crippen LogP contribution in [0.5, 0.6) is 0 Å². The molecule has 0 spiro atoms. The molecule has 2 N–H and O–H groups in total. The van der Waals surface area contributed by atoms with Crippen molar-refractivity contribution in [3.63, 3.8) is 0 Å². The second-order valence-corrected chi connectivity index (χ2v) is 6.34. The summed E-state index contributed by atoms with van der Waals surface area (Å²) < 4.78 is 0. The first-order valence-electron chi connectivity index (χ1n) is 7.17. The van der Waals surface area contributed by atoms with Gasteiger partial charge in [-0.25, -0.2) is 4.98 Å². The standard InChI is InChI=1S/C16H13N3O3S/c20-9-6-19(7-9)16(22)13-8-23-15(18-13)14(21)11-5-17-12-4-2-1-3-10(11)12/h1-5,8-9,17,20H,6-7H2. The minimum Gasteiger partial charge on any atom is -0.389 e. The van der Waals surface area contributed by atoms with Crippen LogP contribution in [0.4, 0.5) is 0 Å². The summed E-state index contributed by atoms with van der Waals surface area (Å²) in [5.74, 6) is -0.445. The van der Waals surface area contributed by atoms with E-state index in [1.54, 1.807) is 11.6 Å². The van der Waals surface area contributed by atoms with E-state index in [4.69, 9.17) is 0 Å². The van der Waals surface area contributed by atoms with Crippen molar-refractivity contribution in [3.05, 3.63) is 52.1 Å². The Labute approximate surface area is 135 Å². The lowest BCUT2D eigenvalue weighted by molar-refractivity contribution is 0.00555. The van der Waals surface area contributed by atoms with Gasteiger partial charge in [-0.1, -0.05) is 18.2 Å². The molecule has 6 nitrogen and oxygen atoms in total. The van der Waals surface area contributed by atoms with E-state index in [1.807, 2.05) is 24.3 Å². The molecule has 3 aromatic rings. The number of hydrogen-bond donors (Lipinski definition) is 2. The Morgan fingerprint density at radius 2 is 2.09 bits per heavy atom. The fourth-order valence-electron chi connectivity index (χ4n) is 2.63. The molecule has 116 valence electrons. The third-order valence-corrected chi connectivity index (χ3v) is 4.74. The highest BCUT2D eigenvalue weighted by atomic mass is 32.1. The molecule has 1 aliphatic rings. The Kier molecular flexibility index (Phi) is 3.24. The maximum absolute atomic E-state index is 12.6. The number of nitrogens with zero attached hydrogens (tertiary/aromatic N) is 2. The van der Waals surface area contributed by atoms with Gasteiger partial charge in [-0.3, -0.25) is 9.59 Å². The van der Waals surface area contributed by atoms with Crippen molar-refractivity contribution in [2.24, 2.45) is 0 Å². The highest BCUT2D eigenvalue weighted by Gasteiger charge is 2.31. The smallest absolute Gasteiger partial charge is 0.273 e. The number of para-hydroxylation sites is 1. The molecule has 0 saturated carbocycles. The average molecular weight is 327 g/mol. The summed E-state index contributed by atoms with van der Waals surface area (Å²) in [6, 6.07) is 7.55. The van der Waals surface area contributed by atoms with Crippen LogP contribution in [0.25, 0.3) is 10.9 Å². The zero-order valence-electron chi connectivity index (χ0n) is 12.0. The number of carbonyl (C=O) groups is 2. The van der Waals surface area contributed by atoms with Crippen LogP contribution >= 0.6 is 11.3 Å². The quantitative estimate of drug-likeness (QED) is 0.717. The average Bonchev–Trinajstić information content (AvgIpc) is 3.17. The SMILES string of the molecule is O=C(c1nc(C(=O)N2CC(O)C2)cs1)c1c[nH]c2ccccc12. The van der Waals surface area contributed by atoms with E-state index in [0.717, 1.165) is 22.2 Å². The minimum absolute atomic E-state index is 0.199. The van der Waals surface area contributed by atoms with Crippen LogP contribution in [0.15, 0.2) is 35.8 Å². The van der Waals surface area contributed by atoms with Crippen LogP contribution in [0.1, 0.15) is 25.9 Å². The molecule has 0 atom stereocenters. The number of benzene rings is 1. The lowest BCUT2D eigenvalue weighted by Gasteiger charge is -2.35. The molecule has 1 aromatic carbocycles. The summed E-state index contributed by atoms with van der Waals surface area (Å²) in [4.78, 5) is 33.5. The van der Waals surface area contributed by atoms with Gasteiger partial charge in [0.05, 0.1) is 11.7 Å². The van der Waals surface area contributed by atoms with Crippen molar-refractivity contribution < 1.29 is 14.7 Å². The van der Waals surface area contributed by atoms with E-state index in [9.17, 15) is 14.7 Å². The lowest BCUT2D eigenvalue weighted by Crippen LogP contribution is -2.53. The van der Waals surface area contributed by atoms with E-state index in [2.05, 4.69) is 9.97 Å². The summed E-state index contributed by atoms with van der Waals surface area (Å²) in [5.41, 5.74) is 1.69. The Morgan fingerprint density at radius 1 is 1.30 bits per heavy atom. The van der Waals surface area contributed by atoms with Gasteiger partial charge in [0.2, 0.25) is 5.78 Å². The lowest BCUT2D eigenvalue weighted by atomic mass is 10.1. The topological polar surface area (TPSA) is 86.3 Å². The predicted octanol–water partition coefficient (Wildman–Crippen LogP) is 1.67. The van der Waals surface area contributed by atoms with Gasteiger partial charge in [0, 0.05) is 35.6 Å². The molecule has 7 heteroatoms. The largest absolute Gasteiger partial charge is 0.389 e. The number of aromatic amines is 1. The molecule has 0 unspecified atom stereocenters. The molecule has 23 heavy (non-hydrogen) atoms. The number of hydrogen-bond acceptors (Lipinski definition) is 5. The minimum atomic E-state index is -0.454. The van der Waals surface area contributed by atoms with Crippen molar-refractivity contribution in [2.75, 3.05) is 13.1 Å². The Balaban J connectivity index is 1.61. The molecule has 4 rings (SSSR count). The number of likely N-dealkylation sites (tertiary alicyclic amines) is 1. The zero-order valence-corrected chi connectivity index (χ0v) is 12.8. The van der Waals surface area contributed by atoms with Gasteiger partial charge >= 0.3 is 0 Å². The maximum atomic E-state index is 12.6. The first-order valence-corrected chi connectivity index (χ1v) is 8.05. The van der Waals surface area contributed by atoms with Crippen LogP contribution in [0.3, 0.4) is 0 Å². The van der Waals surface area contributed by atoms with Crippen LogP contribution in [-0.2, 0) is 0 Å². The van der Waals surface area contributed by atoms with Crippen molar-refractivity contribution in [1.82, 2.24) is 14.9 Å². The summed E-state index contributed by atoms with van der Waals surface area (Å²) in [7, 11) is 0. The Bertz CT molecular complexity index is 908. The van der Waals surface area contributed by atoms with E-state index >= 15 is 0 Å². The van der Waals surface area contributed by atoms with Crippen molar-refractivity contribution in [1.29, 1.82) is 0 Å². The molecule has 2 aromatic heterocycles. The Hall–Kier alpha value is -2.51. The van der Waals surface area contributed by atoms with Gasteiger partial charge in [0.1, 0.15) is 5.69 Å². The van der Waals surface area contributed by atoms with Crippen molar-refractivity contribution in [3.8, 4) is 0 Å². The first kappa shape index (κ1) is 14.1. The molecular formula is C16H13N3O3S. The number of aromatic nitrogens is 2. The number of thiazole rings is 1. The number of amides is 1. The summed E-state index contributed by atoms with van der Waals surface area (Å²) in [6.45, 7) is 0.643. The van der Waals surface area contributed by atoms with Gasteiger partial charge in [-0.05, 0) is 6.07 Å². The number of fused-ring (bicyclic) bond motifs is 1. The zero-order chi connectivity index (χ0) is 16.0. The number of nitrogens with one attached hydrogen (secondary N) is 1. The predicted molar refractivity (Wildman–Crippen MR) is 85.8 cm³/mol. The normalized spacial score (nSPS) is 14.9. The fraction of sp³-hybridized carbons (Fsp3) is 0.188. The van der Waals surface area contributed by atoms with Crippen molar-refractivity contribution >= 4 is 33.9 Å². The second kappa shape index (κ2) is 5.29. The molecule has 1 aliphatic heterocycles. The summed E-state index contributed by atoms with van der Waals surface area (Å²) in [6.07, 6.45) is 1.21. The van der Waals surface area contributed by atoms with Gasteiger partial charge in [-0.15, -0.1) is 11.3 Å². The third-order valence-electron chi connectivity index (χ3n) is 3.90. The number of rotatable bonds is 3. The van der Waals surface area contributed by atoms with Crippen LogP contribution in [-0.4, -0.2) is 50.9 Å². The summed E-state index contributed by atoms with van der Waals surface area (Å²) >= 11 is 1.16. The number of aliphatic hydroxyl groups excluding tert-OH is 1. The molecular weight excluding hydrogens is 314 g/mol. The van der Waals surface area contributed by atoms with Gasteiger partial charge in [-0.2, -0.15) is 0 Å². The highest BCUT2D eigenvalue weighted by molar-refractivity contribution is 7.12. The molecule has 1 saturated heterocycles. The van der Waals surface area contributed by atoms with Crippen molar-refractivity contribution in [2.45, 2.75) is 6.10 Å². The highest BCUT2D eigenvalue weighted by Crippen LogP contribution is 2.23. The third kappa shape index (κ3) is 2.34. The van der Waals surface area contributed by atoms with Gasteiger partial charge < -0.3 is 15.0 Å². The molecule has 1 amide bonds. The molecule has 0 bridgehead atoms. The van der Waals surface area contributed by atoms with Crippen LogP contribution in [0.2, 0.25) is 0 Å². The van der Waals surface area contributed by atoms with E-state index in [-0.39, 0.29) is 17.4 Å². The molecule has 0 aliphatic carbocycles. The number of ketones is 1. The number of β-amino-alcohol motifs (C(OH)–C–C–N with tert-alkyl or cyclic N) is 1. The number of H-pyrrole nitrogens is 1. The van der Waals surface area contributed by atoms with E-state index in [0.29, 0.717) is 23.7 Å². The van der Waals surface area contributed by atoms with E-state index < -0.39 is 6.10 Å². The molecule has 1 fully saturated rings. The number of carbonyl (C=O) groups excluding carboxylic acids is 2. The van der Waals surface area contributed by atoms with E-state index in [1.165, 1.54) is 4.90 Å². The fourth-order valence-corrected chi connectivity index (χ4v) is 3.38. The molecule has 0 radical (unpaired) electrons. The molecule has 3 heterocycles. The second-order valence-electron chi connectivity index (χ2n) is 5.48. The number of aliphatic hydroxyl groups is 1. The first-order chi connectivity index (χ1) is 11.1. The van der Waals surface area contributed by atoms with Gasteiger partial charge in [0.25, 0.3) is 5.91 Å². The van der Waals surface area contributed by atoms with Crippen LogP contribution < -0.4 is 0 Å². The van der Waals surface area contributed by atoms with Gasteiger partial charge in [0.15, 0.2) is 5.01 Å². The maximum Gasteiger partial charge on any atom is 0.273 e. The Morgan fingerprint density at radius 3 is 2.87 bits per heavy atom. The van der Waals surface area contributed by atoms with Crippen LogP contribution in [0, 0.1) is 0 Å². The summed E-state index contributed by atoms with van der Waals surface area (Å²) in [5, 5.41) is 12.0. The monoisotopic (exact) mass is 327 g/mol.